The summed E-state index contributed by atoms with van der Waals surface area (Å²) in [7, 11) is -2.33. The molecule has 2 N–H and O–H groups in total. The maximum atomic E-state index is 13.1. The van der Waals surface area contributed by atoms with Crippen LogP contribution in [0.2, 0.25) is 0 Å². The van der Waals surface area contributed by atoms with Crippen LogP contribution in [-0.4, -0.2) is 27.2 Å². The van der Waals surface area contributed by atoms with E-state index in [0.717, 1.165) is 12.1 Å². The van der Waals surface area contributed by atoms with E-state index in [1.165, 1.54) is 20.1 Å². The Kier molecular flexibility index (Phi) is 5.35. The van der Waals surface area contributed by atoms with Crippen molar-refractivity contribution in [2.75, 3.05) is 13.7 Å². The van der Waals surface area contributed by atoms with Gasteiger partial charge < -0.3 is 9.84 Å². The van der Waals surface area contributed by atoms with E-state index in [1.54, 1.807) is 24.3 Å². The second-order valence-electron chi connectivity index (χ2n) is 5.05. The largest absolute Gasteiger partial charge is 0.497 e. The molecule has 2 rings (SSSR count). The highest BCUT2D eigenvalue weighted by Gasteiger charge is 2.19. The molecule has 1 unspecified atom stereocenters. The molecule has 7 heteroatoms. The zero-order chi connectivity index (χ0) is 17.0. The van der Waals surface area contributed by atoms with Gasteiger partial charge in [0.05, 0.1) is 18.1 Å². The second kappa shape index (κ2) is 7.08. The van der Waals surface area contributed by atoms with Crippen molar-refractivity contribution in [3.63, 3.8) is 0 Å². The lowest BCUT2D eigenvalue weighted by molar-refractivity contribution is 0.181. The zero-order valence-electron chi connectivity index (χ0n) is 12.8. The Hall–Kier alpha value is -1.96. The first kappa shape index (κ1) is 17.4. The SMILES string of the molecule is COc1cccc(C(O)CNS(=O)(=O)c2ccc(F)cc2C)c1. The molecule has 124 valence electrons. The van der Waals surface area contributed by atoms with Crippen molar-refractivity contribution < 1.29 is 22.7 Å². The van der Waals surface area contributed by atoms with Gasteiger partial charge in [0.2, 0.25) is 10.0 Å². The van der Waals surface area contributed by atoms with Crippen LogP contribution in [0.15, 0.2) is 47.4 Å². The third kappa shape index (κ3) is 4.28. The lowest BCUT2D eigenvalue weighted by Gasteiger charge is -2.14. The van der Waals surface area contributed by atoms with Crippen molar-refractivity contribution >= 4 is 10.0 Å². The van der Waals surface area contributed by atoms with Crippen LogP contribution in [-0.2, 0) is 10.0 Å². The van der Waals surface area contributed by atoms with Gasteiger partial charge in [-0.3, -0.25) is 0 Å². The fourth-order valence-corrected chi connectivity index (χ4v) is 3.41. The first-order valence-electron chi connectivity index (χ1n) is 6.91. The maximum absolute atomic E-state index is 13.1. The monoisotopic (exact) mass is 339 g/mol. The quantitative estimate of drug-likeness (QED) is 0.846. The van der Waals surface area contributed by atoms with Crippen LogP contribution in [0.3, 0.4) is 0 Å². The lowest BCUT2D eigenvalue weighted by Crippen LogP contribution is -2.29. The third-order valence-corrected chi connectivity index (χ3v) is 4.96. The average Bonchev–Trinajstić information content (AvgIpc) is 2.52. The molecule has 0 heterocycles. The molecule has 0 aliphatic carbocycles. The molecule has 0 amide bonds. The molecule has 0 aromatic heterocycles. The summed E-state index contributed by atoms with van der Waals surface area (Å²) in [4.78, 5) is -0.0169. The zero-order valence-corrected chi connectivity index (χ0v) is 13.6. The lowest BCUT2D eigenvalue weighted by atomic mass is 10.1. The summed E-state index contributed by atoms with van der Waals surface area (Å²) < 4.78 is 45.0. The molecule has 0 saturated carbocycles. The normalized spacial score (nSPS) is 12.9. The van der Waals surface area contributed by atoms with E-state index in [9.17, 15) is 17.9 Å². The molecule has 2 aromatic carbocycles. The highest BCUT2D eigenvalue weighted by Crippen LogP contribution is 2.20. The van der Waals surface area contributed by atoms with Crippen molar-refractivity contribution in [2.45, 2.75) is 17.9 Å². The molecule has 23 heavy (non-hydrogen) atoms. The molecular weight excluding hydrogens is 321 g/mol. The topological polar surface area (TPSA) is 75.6 Å². The number of halogens is 1. The predicted octanol–water partition coefficient (Wildman–Crippen LogP) is 2.15. The van der Waals surface area contributed by atoms with Crippen LogP contribution in [0.1, 0.15) is 17.2 Å². The molecule has 0 aliphatic rings. The van der Waals surface area contributed by atoms with Crippen molar-refractivity contribution in [2.24, 2.45) is 0 Å². The summed E-state index contributed by atoms with van der Waals surface area (Å²) in [5.74, 6) is 0.0663. The Balaban J connectivity index is 2.12. The number of aryl methyl sites for hydroxylation is 1. The van der Waals surface area contributed by atoms with Gasteiger partial charge in [0.1, 0.15) is 11.6 Å². The van der Waals surface area contributed by atoms with Crippen LogP contribution in [0.5, 0.6) is 5.75 Å². The third-order valence-electron chi connectivity index (χ3n) is 3.37. The van der Waals surface area contributed by atoms with E-state index < -0.39 is 21.9 Å². The van der Waals surface area contributed by atoms with Gasteiger partial charge in [0.25, 0.3) is 0 Å². The summed E-state index contributed by atoms with van der Waals surface area (Å²) in [6, 6.07) is 10.2. The van der Waals surface area contributed by atoms with Gasteiger partial charge in [-0.25, -0.2) is 17.5 Å². The number of hydrogen-bond acceptors (Lipinski definition) is 4. The van der Waals surface area contributed by atoms with E-state index in [-0.39, 0.29) is 11.4 Å². The van der Waals surface area contributed by atoms with Gasteiger partial charge in [-0.1, -0.05) is 12.1 Å². The van der Waals surface area contributed by atoms with Crippen LogP contribution in [0.25, 0.3) is 0 Å². The number of sulfonamides is 1. The minimum Gasteiger partial charge on any atom is -0.497 e. The fourth-order valence-electron chi connectivity index (χ4n) is 2.15. The Bertz CT molecular complexity index is 792. The minimum atomic E-state index is -3.83. The Labute approximate surface area is 134 Å². The molecule has 0 spiro atoms. The number of rotatable bonds is 6. The van der Waals surface area contributed by atoms with E-state index in [4.69, 9.17) is 4.74 Å². The van der Waals surface area contributed by atoms with Gasteiger partial charge in [-0.2, -0.15) is 0 Å². The molecule has 5 nitrogen and oxygen atoms in total. The summed E-state index contributed by atoms with van der Waals surface area (Å²) in [6.07, 6.45) is -1.03. The molecule has 1 atom stereocenters. The minimum absolute atomic E-state index is 0.0169. The van der Waals surface area contributed by atoms with Crippen molar-refractivity contribution in [1.82, 2.24) is 4.72 Å². The number of hydrogen-bond donors (Lipinski definition) is 2. The predicted molar refractivity (Wildman–Crippen MR) is 84.3 cm³/mol. The summed E-state index contributed by atoms with van der Waals surface area (Å²) in [5.41, 5.74) is 0.830. The molecule has 0 bridgehead atoms. The van der Waals surface area contributed by atoms with Gasteiger partial charge >= 0.3 is 0 Å². The van der Waals surface area contributed by atoms with Crippen LogP contribution < -0.4 is 9.46 Å². The number of methoxy groups -OCH3 is 1. The Morgan fingerprint density at radius 2 is 2.00 bits per heavy atom. The fraction of sp³-hybridized carbons (Fsp3) is 0.250. The van der Waals surface area contributed by atoms with Gasteiger partial charge in [-0.05, 0) is 48.4 Å². The first-order valence-corrected chi connectivity index (χ1v) is 8.39. The first-order chi connectivity index (χ1) is 10.8. The molecule has 0 fully saturated rings. The number of aliphatic hydroxyl groups is 1. The van der Waals surface area contributed by atoms with E-state index in [0.29, 0.717) is 16.9 Å². The van der Waals surface area contributed by atoms with E-state index >= 15 is 0 Å². The van der Waals surface area contributed by atoms with Gasteiger partial charge in [0.15, 0.2) is 0 Å². The second-order valence-corrected chi connectivity index (χ2v) is 6.79. The summed E-state index contributed by atoms with van der Waals surface area (Å²) in [6.45, 7) is 1.31. The number of nitrogens with one attached hydrogen (secondary N) is 1. The highest BCUT2D eigenvalue weighted by atomic mass is 32.2. The Morgan fingerprint density at radius 1 is 1.26 bits per heavy atom. The van der Waals surface area contributed by atoms with Gasteiger partial charge in [-0.15, -0.1) is 0 Å². The van der Waals surface area contributed by atoms with Crippen molar-refractivity contribution in [3.8, 4) is 5.75 Å². The number of ether oxygens (including phenoxy) is 1. The summed E-state index contributed by atoms with van der Waals surface area (Å²) >= 11 is 0. The smallest absolute Gasteiger partial charge is 0.240 e. The standard InChI is InChI=1S/C16H18FNO4S/c1-11-8-13(17)6-7-16(11)23(20,21)18-10-15(19)12-4-3-5-14(9-12)22-2/h3-9,15,18-19H,10H2,1-2H3. The highest BCUT2D eigenvalue weighted by molar-refractivity contribution is 7.89. The molecule has 2 aromatic rings. The Morgan fingerprint density at radius 3 is 2.65 bits per heavy atom. The number of benzene rings is 2. The molecule has 0 radical (unpaired) electrons. The van der Waals surface area contributed by atoms with Crippen molar-refractivity contribution in [1.29, 1.82) is 0 Å². The molecular formula is C16H18FNO4S. The number of aliphatic hydroxyl groups excluding tert-OH is 1. The molecule has 0 saturated heterocycles. The molecule has 0 aliphatic heterocycles. The van der Waals surface area contributed by atoms with Crippen molar-refractivity contribution in [3.05, 3.63) is 59.4 Å². The van der Waals surface area contributed by atoms with Crippen LogP contribution in [0, 0.1) is 12.7 Å². The van der Waals surface area contributed by atoms with Crippen LogP contribution in [0.4, 0.5) is 4.39 Å². The van der Waals surface area contributed by atoms with Crippen LogP contribution >= 0.6 is 0 Å². The maximum Gasteiger partial charge on any atom is 0.240 e. The van der Waals surface area contributed by atoms with Gasteiger partial charge in [0, 0.05) is 6.54 Å². The average molecular weight is 339 g/mol. The summed E-state index contributed by atoms with van der Waals surface area (Å²) in [5, 5.41) is 10.1. The van der Waals surface area contributed by atoms with E-state index in [1.807, 2.05) is 0 Å². The van der Waals surface area contributed by atoms with E-state index in [2.05, 4.69) is 4.72 Å².